The van der Waals surface area contributed by atoms with Crippen molar-refractivity contribution in [2.24, 2.45) is 0 Å². The molecule has 0 aliphatic rings. The molecule has 0 unspecified atom stereocenters. The molecule has 7 nitrogen and oxygen atoms in total. The number of hydrogen-bond acceptors (Lipinski definition) is 7. The Hall–Kier alpha value is -2.13. The van der Waals surface area contributed by atoms with Crippen LogP contribution in [0.25, 0.3) is 0 Å². The average Bonchev–Trinajstić information content (AvgIpc) is 2.84. The van der Waals surface area contributed by atoms with Crippen molar-refractivity contribution < 1.29 is 23.1 Å². The Kier molecular flexibility index (Phi) is 4.43. The Bertz CT molecular complexity index is 755. The number of sulfonamides is 1. The summed E-state index contributed by atoms with van der Waals surface area (Å²) >= 11 is 0.939. The van der Waals surface area contributed by atoms with E-state index in [0.29, 0.717) is 10.6 Å². The summed E-state index contributed by atoms with van der Waals surface area (Å²) in [5, 5.41) is 10.6. The first-order chi connectivity index (χ1) is 9.90. The molecule has 0 spiro atoms. The summed E-state index contributed by atoms with van der Waals surface area (Å²) in [4.78, 5) is 14.7. The summed E-state index contributed by atoms with van der Waals surface area (Å²) in [7, 11) is -2.37. The predicted molar refractivity (Wildman–Crippen MR) is 74.6 cm³/mol. The number of ether oxygens (including phenoxy) is 1. The van der Waals surface area contributed by atoms with Gasteiger partial charge in [0.05, 0.1) is 12.0 Å². The zero-order valence-corrected chi connectivity index (χ0v) is 12.5. The van der Waals surface area contributed by atoms with Crippen molar-refractivity contribution in [3.05, 3.63) is 35.3 Å². The third-order valence-electron chi connectivity index (χ3n) is 2.45. The van der Waals surface area contributed by atoms with Gasteiger partial charge < -0.3 is 14.6 Å². The van der Waals surface area contributed by atoms with Gasteiger partial charge in [0.1, 0.15) is 5.75 Å². The minimum atomic E-state index is -3.81. The van der Waals surface area contributed by atoms with Crippen molar-refractivity contribution in [2.75, 3.05) is 11.8 Å². The number of thiazole rings is 1. The summed E-state index contributed by atoms with van der Waals surface area (Å²) in [6, 6.07) is 5.97. The quantitative estimate of drug-likeness (QED) is 0.814. The number of benzene rings is 1. The van der Waals surface area contributed by atoms with Crippen molar-refractivity contribution in [1.29, 1.82) is 0 Å². The minimum absolute atomic E-state index is 0.0264. The van der Waals surface area contributed by atoms with E-state index in [-0.39, 0.29) is 16.4 Å². The van der Waals surface area contributed by atoms with Gasteiger partial charge in [0, 0.05) is 29.5 Å². The number of rotatable bonds is 6. The SMILES string of the molecule is COc1cccc(S(=O)(=O)Nc2ncc(CC(=O)[O-])s2)c1. The average molecular weight is 327 g/mol. The second-order valence-electron chi connectivity index (χ2n) is 3.96. The molecular formula is C12H11N2O5S2-. The Labute approximate surface area is 125 Å². The Morgan fingerprint density at radius 3 is 2.90 bits per heavy atom. The van der Waals surface area contributed by atoms with Gasteiger partial charge in [-0.05, 0) is 12.1 Å². The molecule has 1 N–H and O–H groups in total. The molecular weight excluding hydrogens is 316 g/mol. The molecule has 2 aromatic rings. The smallest absolute Gasteiger partial charge is 0.263 e. The molecule has 21 heavy (non-hydrogen) atoms. The number of carbonyl (C=O) groups is 1. The van der Waals surface area contributed by atoms with Crippen LogP contribution in [-0.2, 0) is 21.2 Å². The number of anilines is 1. The first kappa shape index (κ1) is 15.3. The maximum absolute atomic E-state index is 12.2. The van der Waals surface area contributed by atoms with Gasteiger partial charge in [-0.3, -0.25) is 4.72 Å². The number of nitrogens with zero attached hydrogens (tertiary/aromatic N) is 1. The second kappa shape index (κ2) is 6.10. The van der Waals surface area contributed by atoms with Gasteiger partial charge in [-0.1, -0.05) is 6.07 Å². The Balaban J connectivity index is 2.20. The summed E-state index contributed by atoms with van der Waals surface area (Å²) < 4.78 is 31.6. The number of aromatic nitrogens is 1. The Morgan fingerprint density at radius 2 is 2.24 bits per heavy atom. The van der Waals surface area contributed by atoms with Gasteiger partial charge in [0.25, 0.3) is 10.0 Å². The largest absolute Gasteiger partial charge is 0.550 e. The molecule has 0 saturated heterocycles. The molecule has 0 saturated carbocycles. The topological polar surface area (TPSA) is 108 Å². The monoisotopic (exact) mass is 327 g/mol. The first-order valence-electron chi connectivity index (χ1n) is 5.72. The van der Waals surface area contributed by atoms with Crippen LogP contribution in [0.5, 0.6) is 5.75 Å². The highest BCUT2D eigenvalue weighted by Crippen LogP contribution is 2.23. The van der Waals surface area contributed by atoms with Gasteiger partial charge in [-0.25, -0.2) is 13.4 Å². The van der Waals surface area contributed by atoms with Crippen molar-refractivity contribution >= 4 is 32.5 Å². The molecule has 0 aliphatic carbocycles. The summed E-state index contributed by atoms with van der Waals surface area (Å²) in [6.45, 7) is 0. The highest BCUT2D eigenvalue weighted by molar-refractivity contribution is 7.93. The van der Waals surface area contributed by atoms with Crippen molar-refractivity contribution in [3.8, 4) is 5.75 Å². The van der Waals surface area contributed by atoms with Crippen LogP contribution in [0.2, 0.25) is 0 Å². The summed E-state index contributed by atoms with van der Waals surface area (Å²) in [6.07, 6.45) is 0.989. The fraction of sp³-hybridized carbons (Fsp3) is 0.167. The number of carboxylic acid groups (broad SMARTS) is 1. The van der Waals surface area contributed by atoms with E-state index in [4.69, 9.17) is 4.74 Å². The summed E-state index contributed by atoms with van der Waals surface area (Å²) in [5.74, 6) is -0.837. The maximum atomic E-state index is 12.2. The van der Waals surface area contributed by atoms with E-state index in [1.807, 2.05) is 0 Å². The summed E-state index contributed by atoms with van der Waals surface area (Å²) in [5.41, 5.74) is 0. The van der Waals surface area contributed by atoms with E-state index >= 15 is 0 Å². The van der Waals surface area contributed by atoms with E-state index in [2.05, 4.69) is 9.71 Å². The lowest BCUT2D eigenvalue weighted by Crippen LogP contribution is -2.23. The lowest BCUT2D eigenvalue weighted by Gasteiger charge is -2.06. The normalized spacial score (nSPS) is 11.1. The van der Waals surface area contributed by atoms with Crippen LogP contribution >= 0.6 is 11.3 Å². The number of carbonyl (C=O) groups excluding carboxylic acids is 1. The van der Waals surface area contributed by atoms with Crippen molar-refractivity contribution in [1.82, 2.24) is 4.98 Å². The number of methoxy groups -OCH3 is 1. The lowest BCUT2D eigenvalue weighted by molar-refractivity contribution is -0.304. The maximum Gasteiger partial charge on any atom is 0.263 e. The first-order valence-corrected chi connectivity index (χ1v) is 8.02. The molecule has 0 bridgehead atoms. The number of nitrogens with one attached hydrogen (secondary N) is 1. The van der Waals surface area contributed by atoms with Crippen LogP contribution in [0.4, 0.5) is 5.13 Å². The molecule has 1 aromatic heterocycles. The third kappa shape index (κ3) is 3.92. The van der Waals surface area contributed by atoms with Gasteiger partial charge in [0.2, 0.25) is 0 Å². The molecule has 2 rings (SSSR count). The zero-order valence-electron chi connectivity index (χ0n) is 10.9. The molecule has 9 heteroatoms. The lowest BCUT2D eigenvalue weighted by atomic mass is 10.3. The second-order valence-corrected chi connectivity index (χ2v) is 6.76. The van der Waals surface area contributed by atoms with Gasteiger partial charge in [0.15, 0.2) is 5.13 Å². The highest BCUT2D eigenvalue weighted by atomic mass is 32.2. The van der Waals surface area contributed by atoms with E-state index in [0.717, 1.165) is 11.3 Å². The number of aliphatic carboxylic acids is 1. The third-order valence-corrected chi connectivity index (χ3v) is 4.82. The van der Waals surface area contributed by atoms with E-state index in [1.165, 1.54) is 25.4 Å². The van der Waals surface area contributed by atoms with Gasteiger partial charge >= 0.3 is 0 Å². The van der Waals surface area contributed by atoms with Crippen LogP contribution in [0.15, 0.2) is 35.4 Å². The standard InChI is InChI=1S/C12H12N2O5S2/c1-19-8-3-2-4-10(5-8)21(17,18)14-12-13-7-9(20-12)6-11(15)16/h2-5,7H,6H2,1H3,(H,13,14)(H,15,16)/p-1. The van der Waals surface area contributed by atoms with Crippen molar-refractivity contribution in [3.63, 3.8) is 0 Å². The van der Waals surface area contributed by atoms with Crippen LogP contribution in [0.3, 0.4) is 0 Å². The highest BCUT2D eigenvalue weighted by Gasteiger charge is 2.16. The zero-order chi connectivity index (χ0) is 15.5. The molecule has 0 fully saturated rings. The number of hydrogen-bond donors (Lipinski definition) is 1. The van der Waals surface area contributed by atoms with Crippen LogP contribution < -0.4 is 14.6 Å². The number of carboxylic acids is 1. The van der Waals surface area contributed by atoms with Crippen molar-refractivity contribution in [2.45, 2.75) is 11.3 Å². The van der Waals surface area contributed by atoms with Gasteiger partial charge in [-0.2, -0.15) is 0 Å². The van der Waals surface area contributed by atoms with Crippen LogP contribution in [0.1, 0.15) is 4.88 Å². The Morgan fingerprint density at radius 1 is 1.48 bits per heavy atom. The fourth-order valence-electron chi connectivity index (χ4n) is 1.52. The molecule has 1 aromatic carbocycles. The predicted octanol–water partition coefficient (Wildman–Crippen LogP) is 0.245. The molecule has 1 heterocycles. The molecule has 0 amide bonds. The fourth-order valence-corrected chi connectivity index (χ4v) is 3.60. The van der Waals surface area contributed by atoms with Crippen LogP contribution in [0, 0.1) is 0 Å². The molecule has 0 atom stereocenters. The minimum Gasteiger partial charge on any atom is -0.550 e. The van der Waals surface area contributed by atoms with E-state index in [1.54, 1.807) is 12.1 Å². The van der Waals surface area contributed by atoms with Crippen LogP contribution in [-0.4, -0.2) is 26.5 Å². The molecule has 112 valence electrons. The van der Waals surface area contributed by atoms with E-state index in [9.17, 15) is 18.3 Å². The molecule has 0 aliphatic heterocycles. The molecule has 0 radical (unpaired) electrons. The van der Waals surface area contributed by atoms with Gasteiger partial charge in [-0.15, -0.1) is 11.3 Å². The van der Waals surface area contributed by atoms with E-state index < -0.39 is 16.0 Å².